The quantitative estimate of drug-likeness (QED) is 0.454. The van der Waals surface area contributed by atoms with Crippen molar-refractivity contribution < 1.29 is 9.63 Å². The molecule has 0 atom stereocenters. The van der Waals surface area contributed by atoms with E-state index in [4.69, 9.17) is 4.84 Å². The van der Waals surface area contributed by atoms with Crippen molar-refractivity contribution in [3.8, 4) is 0 Å². The SMILES string of the molecule is CCCCCC1=NOC(=O)/C1=C\c1cccs1. The van der Waals surface area contributed by atoms with E-state index in [0.717, 1.165) is 36.3 Å². The number of hydrogen-bond acceptors (Lipinski definition) is 4. The Balaban J connectivity index is 2.08. The molecule has 90 valence electrons. The molecule has 0 unspecified atom stereocenters. The van der Waals surface area contributed by atoms with Gasteiger partial charge in [-0.05, 0) is 30.4 Å². The van der Waals surface area contributed by atoms with Gasteiger partial charge in [0.25, 0.3) is 0 Å². The molecule has 0 spiro atoms. The Hall–Kier alpha value is -1.42. The van der Waals surface area contributed by atoms with Gasteiger partial charge in [0.15, 0.2) is 0 Å². The Morgan fingerprint density at radius 3 is 3.06 bits per heavy atom. The van der Waals surface area contributed by atoms with E-state index >= 15 is 0 Å². The molecule has 3 nitrogen and oxygen atoms in total. The minimum atomic E-state index is -0.329. The molecule has 0 fully saturated rings. The summed E-state index contributed by atoms with van der Waals surface area (Å²) in [6, 6.07) is 3.94. The van der Waals surface area contributed by atoms with Gasteiger partial charge in [-0.25, -0.2) is 4.79 Å². The van der Waals surface area contributed by atoms with Gasteiger partial charge >= 0.3 is 5.97 Å². The van der Waals surface area contributed by atoms with E-state index < -0.39 is 0 Å². The summed E-state index contributed by atoms with van der Waals surface area (Å²) in [5, 5.41) is 5.84. The smallest absolute Gasteiger partial charge is 0.312 e. The highest BCUT2D eigenvalue weighted by molar-refractivity contribution is 7.10. The van der Waals surface area contributed by atoms with Crippen LogP contribution in [0.25, 0.3) is 6.08 Å². The van der Waals surface area contributed by atoms with Crippen LogP contribution in [0, 0.1) is 0 Å². The monoisotopic (exact) mass is 249 g/mol. The second-order valence-electron chi connectivity index (χ2n) is 3.95. The summed E-state index contributed by atoms with van der Waals surface area (Å²) in [4.78, 5) is 17.3. The Bertz CT molecular complexity index is 446. The van der Waals surface area contributed by atoms with Crippen molar-refractivity contribution in [1.29, 1.82) is 0 Å². The standard InChI is InChI=1S/C13H15NO2S/c1-2-3-4-7-12-11(13(15)16-14-12)9-10-6-5-8-17-10/h5-6,8-9H,2-4,7H2,1H3/b11-9-. The van der Waals surface area contributed by atoms with Gasteiger partial charge in [0.1, 0.15) is 0 Å². The third kappa shape index (κ3) is 3.03. The number of oxime groups is 1. The Kier molecular flexibility index (Phi) is 4.09. The van der Waals surface area contributed by atoms with Gasteiger partial charge in [-0.2, -0.15) is 0 Å². The van der Waals surface area contributed by atoms with Crippen molar-refractivity contribution in [3.05, 3.63) is 28.0 Å². The van der Waals surface area contributed by atoms with Gasteiger partial charge in [-0.3, -0.25) is 0 Å². The van der Waals surface area contributed by atoms with E-state index in [1.54, 1.807) is 11.3 Å². The number of nitrogens with zero attached hydrogens (tertiary/aromatic N) is 1. The minimum absolute atomic E-state index is 0.329. The van der Waals surface area contributed by atoms with E-state index in [1.165, 1.54) is 0 Å². The molecule has 1 aliphatic heterocycles. The maximum absolute atomic E-state index is 11.5. The molecule has 4 heteroatoms. The average Bonchev–Trinajstić information content (AvgIpc) is 2.94. The third-order valence-corrected chi connectivity index (χ3v) is 3.44. The summed E-state index contributed by atoms with van der Waals surface area (Å²) >= 11 is 1.60. The Morgan fingerprint density at radius 1 is 1.47 bits per heavy atom. The van der Waals surface area contributed by atoms with Crippen molar-refractivity contribution in [1.82, 2.24) is 0 Å². The molecule has 0 aliphatic carbocycles. The molecular weight excluding hydrogens is 234 g/mol. The van der Waals surface area contributed by atoms with Gasteiger partial charge in [0, 0.05) is 4.88 Å². The first-order chi connectivity index (χ1) is 8.31. The number of rotatable bonds is 5. The molecule has 1 aliphatic rings. The summed E-state index contributed by atoms with van der Waals surface area (Å²) in [5.41, 5.74) is 1.40. The predicted molar refractivity (Wildman–Crippen MR) is 70.0 cm³/mol. The van der Waals surface area contributed by atoms with Crippen LogP contribution in [-0.4, -0.2) is 11.7 Å². The highest BCUT2D eigenvalue weighted by Gasteiger charge is 2.24. The largest absolute Gasteiger partial charge is 0.367 e. The lowest BCUT2D eigenvalue weighted by molar-refractivity contribution is -0.136. The summed E-state index contributed by atoms with van der Waals surface area (Å²) in [6.07, 6.45) is 6.04. The van der Waals surface area contributed by atoms with Crippen molar-refractivity contribution in [3.63, 3.8) is 0 Å². The zero-order valence-electron chi connectivity index (χ0n) is 9.81. The van der Waals surface area contributed by atoms with Crippen LogP contribution in [-0.2, 0) is 9.63 Å². The summed E-state index contributed by atoms with van der Waals surface area (Å²) in [7, 11) is 0. The topological polar surface area (TPSA) is 38.7 Å². The van der Waals surface area contributed by atoms with Gasteiger partial charge in [0.2, 0.25) is 0 Å². The van der Waals surface area contributed by atoms with Crippen LogP contribution in [0.5, 0.6) is 0 Å². The molecule has 0 bridgehead atoms. The van der Waals surface area contributed by atoms with Gasteiger partial charge in [-0.1, -0.05) is 31.0 Å². The van der Waals surface area contributed by atoms with Gasteiger partial charge in [-0.15, -0.1) is 11.3 Å². The van der Waals surface area contributed by atoms with Crippen molar-refractivity contribution >= 4 is 29.1 Å². The molecule has 0 N–H and O–H groups in total. The fourth-order valence-corrected chi connectivity index (χ4v) is 2.35. The maximum Gasteiger partial charge on any atom is 0.367 e. The van der Waals surface area contributed by atoms with E-state index in [9.17, 15) is 4.79 Å². The maximum atomic E-state index is 11.5. The molecule has 0 aromatic carbocycles. The third-order valence-electron chi connectivity index (χ3n) is 2.62. The molecule has 1 aromatic rings. The minimum Gasteiger partial charge on any atom is -0.312 e. The summed E-state index contributed by atoms with van der Waals surface area (Å²) in [6.45, 7) is 2.15. The summed E-state index contributed by atoms with van der Waals surface area (Å²) in [5.74, 6) is -0.329. The molecule has 17 heavy (non-hydrogen) atoms. The van der Waals surface area contributed by atoms with Crippen LogP contribution < -0.4 is 0 Å². The van der Waals surface area contributed by atoms with E-state index in [-0.39, 0.29) is 5.97 Å². The first kappa shape index (κ1) is 12.0. The van der Waals surface area contributed by atoms with Gasteiger partial charge < -0.3 is 4.84 Å². The molecule has 0 radical (unpaired) electrons. The van der Waals surface area contributed by atoms with E-state index in [0.29, 0.717) is 5.57 Å². The molecule has 0 saturated carbocycles. The number of hydrogen-bond donors (Lipinski definition) is 0. The Labute approximate surface area is 105 Å². The van der Waals surface area contributed by atoms with E-state index in [1.807, 2.05) is 23.6 Å². The average molecular weight is 249 g/mol. The normalized spacial score (nSPS) is 17.4. The predicted octanol–water partition coefficient (Wildman–Crippen LogP) is 3.62. The van der Waals surface area contributed by atoms with Crippen LogP contribution in [0.4, 0.5) is 0 Å². The number of carbonyl (C=O) groups is 1. The zero-order valence-corrected chi connectivity index (χ0v) is 10.6. The van der Waals surface area contributed by atoms with Crippen LogP contribution in [0.3, 0.4) is 0 Å². The Morgan fingerprint density at radius 2 is 2.35 bits per heavy atom. The van der Waals surface area contributed by atoms with Crippen LogP contribution in [0.15, 0.2) is 28.2 Å². The highest BCUT2D eigenvalue weighted by atomic mass is 32.1. The highest BCUT2D eigenvalue weighted by Crippen LogP contribution is 2.21. The van der Waals surface area contributed by atoms with Crippen LogP contribution in [0.1, 0.15) is 37.5 Å². The lowest BCUT2D eigenvalue weighted by Gasteiger charge is -1.98. The molecule has 1 aromatic heterocycles. The number of unbranched alkanes of at least 4 members (excludes halogenated alkanes) is 2. The molecule has 2 rings (SSSR count). The lowest BCUT2D eigenvalue weighted by Crippen LogP contribution is -2.05. The van der Waals surface area contributed by atoms with Crippen LogP contribution in [0.2, 0.25) is 0 Å². The molecular formula is C13H15NO2S. The number of carbonyl (C=O) groups excluding carboxylic acids is 1. The second-order valence-corrected chi connectivity index (χ2v) is 4.93. The zero-order chi connectivity index (χ0) is 12.1. The van der Waals surface area contributed by atoms with E-state index in [2.05, 4.69) is 12.1 Å². The fraction of sp³-hybridized carbons (Fsp3) is 0.385. The van der Waals surface area contributed by atoms with Crippen molar-refractivity contribution in [2.45, 2.75) is 32.6 Å². The van der Waals surface area contributed by atoms with Crippen molar-refractivity contribution in [2.75, 3.05) is 0 Å². The molecule has 0 saturated heterocycles. The first-order valence-corrected chi connectivity index (χ1v) is 6.73. The van der Waals surface area contributed by atoms with Crippen molar-refractivity contribution in [2.24, 2.45) is 5.16 Å². The fourth-order valence-electron chi connectivity index (χ4n) is 1.69. The molecule has 2 heterocycles. The first-order valence-electron chi connectivity index (χ1n) is 5.85. The van der Waals surface area contributed by atoms with Gasteiger partial charge in [0.05, 0.1) is 11.3 Å². The number of thiophene rings is 1. The second kappa shape index (κ2) is 5.77. The van der Waals surface area contributed by atoms with Crippen LogP contribution >= 0.6 is 11.3 Å². The molecule has 0 amide bonds. The summed E-state index contributed by atoms with van der Waals surface area (Å²) < 4.78 is 0. The lowest BCUT2D eigenvalue weighted by atomic mass is 10.0.